The number of ether oxygens (including phenoxy) is 4. The van der Waals surface area contributed by atoms with Crippen LogP contribution < -0.4 is 20.5 Å². The first-order valence-electron chi connectivity index (χ1n) is 34.1. The number of morpholine rings is 2. The van der Waals surface area contributed by atoms with Gasteiger partial charge in [0.15, 0.2) is 5.75 Å². The summed E-state index contributed by atoms with van der Waals surface area (Å²) < 4.78 is 22.7. The summed E-state index contributed by atoms with van der Waals surface area (Å²) in [6.45, 7) is 41.4. The second kappa shape index (κ2) is 37.5. The van der Waals surface area contributed by atoms with E-state index in [1.54, 1.807) is 62.4 Å². The van der Waals surface area contributed by atoms with E-state index >= 15 is 0 Å². The summed E-state index contributed by atoms with van der Waals surface area (Å²) in [5, 5.41) is 67.7. The van der Waals surface area contributed by atoms with Crippen molar-refractivity contribution >= 4 is 72.9 Å². The maximum atomic E-state index is 13.2. The number of nitrogens with two attached hydrogens (primary N) is 1. The van der Waals surface area contributed by atoms with E-state index in [1.165, 1.54) is 11.6 Å². The fourth-order valence-corrected chi connectivity index (χ4v) is 10.9. The molecule has 0 saturated carbocycles. The van der Waals surface area contributed by atoms with Crippen LogP contribution in [0.2, 0.25) is 0 Å². The zero-order valence-corrected chi connectivity index (χ0v) is 63.2. The largest absolute Gasteiger partial charge is 0.508 e. The van der Waals surface area contributed by atoms with Gasteiger partial charge in [-0.25, -0.2) is 0 Å². The summed E-state index contributed by atoms with van der Waals surface area (Å²) in [7, 11) is 0. The number of amides is 1. The molecule has 24 heteroatoms. The van der Waals surface area contributed by atoms with Gasteiger partial charge < -0.3 is 55.6 Å². The summed E-state index contributed by atoms with van der Waals surface area (Å²) in [6, 6.07) is 37.8. The molecule has 560 valence electrons. The van der Waals surface area contributed by atoms with Gasteiger partial charge in [0.05, 0.1) is 42.7 Å². The molecule has 8 aromatic rings. The molecule has 8 N–H and O–H groups in total. The fraction of sp³-hybridized carbons (Fsp3) is 0.400. The number of hydrogen-bond donors (Lipinski definition) is 7. The molecule has 0 bridgehead atoms. The Morgan fingerprint density at radius 1 is 0.510 bits per heavy atom. The minimum absolute atomic E-state index is 0.0435. The van der Waals surface area contributed by atoms with Crippen LogP contribution in [0.25, 0.3) is 21.5 Å². The first-order valence-corrected chi connectivity index (χ1v) is 34.4. The van der Waals surface area contributed by atoms with Crippen LogP contribution in [0.4, 0.5) is 17.1 Å². The number of nitrogens with zero attached hydrogens (tertiary/aromatic N) is 4. The highest BCUT2D eigenvalue weighted by Gasteiger charge is 2.27. The second-order valence-corrected chi connectivity index (χ2v) is 29.7. The summed E-state index contributed by atoms with van der Waals surface area (Å²) in [6.07, 6.45) is 0. The molecule has 2 heterocycles. The van der Waals surface area contributed by atoms with Gasteiger partial charge in [0.1, 0.15) is 42.0 Å². The minimum Gasteiger partial charge on any atom is -0.508 e. The van der Waals surface area contributed by atoms with Crippen LogP contribution in [0.15, 0.2) is 127 Å². The molecule has 10 rings (SSSR count). The minimum atomic E-state index is -1.50. The van der Waals surface area contributed by atoms with E-state index in [1.807, 2.05) is 128 Å². The van der Waals surface area contributed by atoms with Gasteiger partial charge in [-0.05, 0) is 159 Å². The molecule has 0 aliphatic carbocycles. The highest BCUT2D eigenvalue weighted by atomic mass is 35.5. The molecular weight excluding hydrogens is 1350 g/mol. The predicted molar refractivity (Wildman–Crippen MR) is 408 cm³/mol. The number of phenols is 4. The molecule has 2 aliphatic rings. The molecule has 2 saturated heterocycles. The molecule has 8 aromatic carbocycles. The lowest BCUT2D eigenvalue weighted by atomic mass is 9.85. The first-order chi connectivity index (χ1) is 48.5. The number of hydrogen-bond acceptors (Lipinski definition) is 19. The average molecular weight is 1450 g/mol. The molecule has 1 amide bonds. The summed E-state index contributed by atoms with van der Waals surface area (Å²) >= 11 is 5.34. The van der Waals surface area contributed by atoms with Gasteiger partial charge in [0, 0.05) is 67.2 Å². The smallest absolute Gasteiger partial charge is 0.311 e. The van der Waals surface area contributed by atoms with Crippen LogP contribution in [0, 0.1) is 47.9 Å². The quantitative estimate of drug-likeness (QED) is 0.0101. The second-order valence-electron chi connectivity index (χ2n) is 29.4. The highest BCUT2D eigenvalue weighted by molar-refractivity contribution is 6.83. The lowest BCUT2D eigenvalue weighted by molar-refractivity contribution is -0.742. The average Bonchev–Trinajstić information content (AvgIpc) is 0.803. The zero-order valence-electron chi connectivity index (χ0n) is 62.5. The van der Waals surface area contributed by atoms with Crippen molar-refractivity contribution in [3.63, 3.8) is 0 Å². The van der Waals surface area contributed by atoms with Crippen molar-refractivity contribution in [2.75, 3.05) is 90.0 Å². The number of carbonyl (C=O) groups excluding carboxylic acids is 4. The van der Waals surface area contributed by atoms with Gasteiger partial charge >= 0.3 is 5.69 Å². The molecule has 23 nitrogen and oxygen atoms in total. The number of nitrogens with one attached hydrogen (secondary N) is 1. The van der Waals surface area contributed by atoms with Gasteiger partial charge in [-0.1, -0.05) is 162 Å². The molecule has 0 atom stereocenters. The monoisotopic (exact) mass is 1450 g/mol. The fourth-order valence-electron chi connectivity index (χ4n) is 10.8. The number of nitro benzene ring substituents is 1. The lowest BCUT2D eigenvalue weighted by Gasteiger charge is -2.26. The molecule has 0 unspecified atom stereocenters. The molecule has 0 spiro atoms. The molecule has 0 radical (unpaired) electrons. The first kappa shape index (κ1) is 84.7. The zero-order chi connectivity index (χ0) is 77.8. The van der Waals surface area contributed by atoms with Crippen molar-refractivity contribution in [2.45, 2.75) is 132 Å². The molecule has 0 aromatic heterocycles. The summed E-state index contributed by atoms with van der Waals surface area (Å²) in [5.74, 6) is -0.527. The maximum Gasteiger partial charge on any atom is 0.311 e. The van der Waals surface area contributed by atoms with Gasteiger partial charge in [0.2, 0.25) is 5.78 Å². The number of nitrogen functional groups attached to an aromatic ring is 1. The standard InChI is InChI=1S/C29H34N2O5.C18H18ClNO4.C11H15NO3.C11H17NO.C11H16O.HNO3/c1-19-17-20(29(2,3)4)18-24(26(19)32)30-28(34)27(33)23-9-10-25(22-8-6-5-7-21(22)23)36-16-13-31-11-14-35-15-12-31;19-18(22)17(21)15-5-6-16(14-4-2-1-3-13(14)15)24-12-9-20-7-10-23-11-8-20;1-7-5-8(11(2,3)4)6-9(10(7)13)12(14)15;1-7-5-8(11(2,3)4)6-9(12)10(7)13;1-8-7-9(11(2,3)4)5-6-10(8)12;2-1(3)4/h5-10,17-18,32H,11-16H2,1-4H3,(H,30,34);1-6H,7-12H2;5-6,13H,1-4H3;5-6,13H,12H2,1-4H3;5-7,12H,1-4H3;(H,2,3,4). The Bertz CT molecular complexity index is 4300. The Morgan fingerprint density at radius 3 is 1.28 bits per heavy atom. The lowest BCUT2D eigenvalue weighted by Crippen LogP contribution is -2.38. The van der Waals surface area contributed by atoms with Crippen molar-refractivity contribution in [1.29, 1.82) is 0 Å². The van der Waals surface area contributed by atoms with E-state index in [4.69, 9.17) is 51.6 Å². The van der Waals surface area contributed by atoms with Gasteiger partial charge in [-0.3, -0.25) is 39.1 Å². The normalized spacial score (nSPS) is 13.3. The van der Waals surface area contributed by atoms with Crippen LogP contribution in [0.5, 0.6) is 34.5 Å². The van der Waals surface area contributed by atoms with E-state index in [-0.39, 0.29) is 55.8 Å². The van der Waals surface area contributed by atoms with Crippen LogP contribution in [0.3, 0.4) is 0 Å². The van der Waals surface area contributed by atoms with E-state index < -0.39 is 32.7 Å². The van der Waals surface area contributed by atoms with Crippen LogP contribution >= 0.6 is 11.6 Å². The predicted octanol–water partition coefficient (Wildman–Crippen LogP) is 15.3. The topological polar surface area (TPSA) is 337 Å². The Hall–Kier alpha value is -9.91. The summed E-state index contributed by atoms with van der Waals surface area (Å²) in [4.78, 5) is 72.4. The number of Topliss-reactive ketones (excluding diaryl/α,β-unsaturated/α-hetero) is 2. The number of rotatable bonds is 14. The summed E-state index contributed by atoms with van der Waals surface area (Å²) in [5.41, 5.74) is 13.8. The van der Waals surface area contributed by atoms with E-state index in [9.17, 15) is 49.7 Å². The molecule has 2 fully saturated rings. The molecule has 2 aliphatic heterocycles. The number of aromatic hydroxyl groups is 4. The third-order valence-electron chi connectivity index (χ3n) is 17.2. The number of carbonyl (C=O) groups is 4. The Labute approximate surface area is 613 Å². The van der Waals surface area contributed by atoms with E-state index in [0.717, 1.165) is 104 Å². The van der Waals surface area contributed by atoms with Gasteiger partial charge in [-0.2, -0.15) is 0 Å². The van der Waals surface area contributed by atoms with Crippen molar-refractivity contribution in [3.8, 4) is 34.5 Å². The number of phenolic OH excluding ortho intramolecular Hbond substituents is 4. The van der Waals surface area contributed by atoms with Crippen LogP contribution in [0.1, 0.15) is 148 Å². The molecule has 104 heavy (non-hydrogen) atoms. The van der Waals surface area contributed by atoms with Crippen LogP contribution in [-0.4, -0.2) is 147 Å². The number of halogens is 1. The number of nitro groups is 1. The van der Waals surface area contributed by atoms with E-state index in [0.29, 0.717) is 63.6 Å². The third-order valence-corrected chi connectivity index (χ3v) is 17.4. The van der Waals surface area contributed by atoms with E-state index in [2.05, 4.69) is 56.7 Å². The number of aryl methyl sites for hydroxylation is 4. The Balaban J connectivity index is 0.000000247. The van der Waals surface area contributed by atoms with Crippen molar-refractivity contribution in [3.05, 3.63) is 203 Å². The number of ketones is 2. The number of benzene rings is 8. The third kappa shape index (κ3) is 24.9. The number of fused-ring (bicyclic) bond motifs is 2. The van der Waals surface area contributed by atoms with Crippen molar-refractivity contribution < 1.29 is 73.8 Å². The number of anilines is 2. The van der Waals surface area contributed by atoms with Gasteiger partial charge in [0.25, 0.3) is 22.0 Å². The Kier molecular flexibility index (Phi) is 30.6. The Morgan fingerprint density at radius 2 is 0.885 bits per heavy atom. The van der Waals surface area contributed by atoms with Crippen LogP contribution in [-0.2, 0) is 40.7 Å². The highest BCUT2D eigenvalue weighted by Crippen LogP contribution is 2.38. The van der Waals surface area contributed by atoms with Crippen molar-refractivity contribution in [1.82, 2.24) is 9.80 Å². The molecular formula is C80H101ClN6O17. The van der Waals surface area contributed by atoms with Crippen molar-refractivity contribution in [2.24, 2.45) is 0 Å². The maximum absolute atomic E-state index is 13.2. The van der Waals surface area contributed by atoms with Gasteiger partial charge in [-0.15, -0.1) is 10.1 Å². The SMILES string of the molecule is Cc1cc(C(C)(C)C)cc(N)c1O.Cc1cc(C(C)(C)C)cc(NC(=O)C(=O)c2ccc(OCCN3CCOCC3)c3ccccc23)c1O.Cc1cc(C(C)(C)C)cc([N+](=O)[O-])c1O.Cc1cc(C(C)(C)C)ccc1O.O=C(Cl)C(=O)c1ccc(OCCN2CCOCC2)c2ccccc12.O=[N+]([O-])O.